The van der Waals surface area contributed by atoms with Crippen LogP contribution in [-0.4, -0.2) is 38.4 Å². The fourth-order valence-corrected chi connectivity index (χ4v) is 3.16. The van der Waals surface area contributed by atoms with Gasteiger partial charge in [0.25, 0.3) is 0 Å². The van der Waals surface area contributed by atoms with Crippen molar-refractivity contribution in [2.45, 2.75) is 11.6 Å². The van der Waals surface area contributed by atoms with Gasteiger partial charge < -0.3 is 5.32 Å². The molecule has 1 aromatic heterocycles. The van der Waals surface area contributed by atoms with Crippen LogP contribution in [0.25, 0.3) is 5.69 Å². The van der Waals surface area contributed by atoms with Gasteiger partial charge in [-0.15, -0.1) is 5.10 Å². The van der Waals surface area contributed by atoms with Crippen LogP contribution in [0.3, 0.4) is 0 Å². The van der Waals surface area contributed by atoms with Crippen molar-refractivity contribution >= 4 is 29.3 Å². The fraction of sp³-hybridized carbons (Fsp3) is 0.176. The van der Waals surface area contributed by atoms with Crippen molar-refractivity contribution in [3.63, 3.8) is 0 Å². The standard InChI is InChI=1S/C17H15ClFN5OS/c18-13-5-3-6-14(10-13)24-17(21-22-23-24)26-11-16(25)20-9-8-12-4-1-2-7-15(12)19/h1-7,10H,8-9,11H2,(H,20,25). The Morgan fingerprint density at radius 1 is 1.23 bits per heavy atom. The van der Waals surface area contributed by atoms with Crippen LogP contribution in [0.1, 0.15) is 5.56 Å². The van der Waals surface area contributed by atoms with Gasteiger partial charge in [-0.25, -0.2) is 4.39 Å². The Hall–Kier alpha value is -2.45. The summed E-state index contributed by atoms with van der Waals surface area (Å²) < 4.78 is 15.0. The molecule has 9 heteroatoms. The smallest absolute Gasteiger partial charge is 0.230 e. The topological polar surface area (TPSA) is 72.7 Å². The molecule has 1 amide bonds. The van der Waals surface area contributed by atoms with Gasteiger partial charge in [-0.1, -0.05) is 47.6 Å². The van der Waals surface area contributed by atoms with Crippen molar-refractivity contribution < 1.29 is 9.18 Å². The number of nitrogens with zero attached hydrogens (tertiary/aromatic N) is 4. The summed E-state index contributed by atoms with van der Waals surface area (Å²) in [6.45, 7) is 0.361. The highest BCUT2D eigenvalue weighted by atomic mass is 35.5. The highest BCUT2D eigenvalue weighted by molar-refractivity contribution is 7.99. The third-order valence-electron chi connectivity index (χ3n) is 3.50. The Morgan fingerprint density at radius 3 is 2.88 bits per heavy atom. The molecule has 26 heavy (non-hydrogen) atoms. The molecular weight excluding hydrogens is 377 g/mol. The number of hydrogen-bond donors (Lipinski definition) is 1. The number of rotatable bonds is 7. The maximum Gasteiger partial charge on any atom is 0.230 e. The third-order valence-corrected chi connectivity index (χ3v) is 4.65. The van der Waals surface area contributed by atoms with Crippen LogP contribution in [0, 0.1) is 5.82 Å². The van der Waals surface area contributed by atoms with Gasteiger partial charge in [0.2, 0.25) is 11.1 Å². The molecule has 0 aliphatic heterocycles. The van der Waals surface area contributed by atoms with E-state index < -0.39 is 0 Å². The summed E-state index contributed by atoms with van der Waals surface area (Å²) in [5.74, 6) is -0.290. The number of hydrogen-bond acceptors (Lipinski definition) is 5. The second-order valence-corrected chi connectivity index (χ2v) is 6.71. The molecule has 0 spiro atoms. The molecule has 0 saturated heterocycles. The van der Waals surface area contributed by atoms with Crippen molar-refractivity contribution in [2.75, 3.05) is 12.3 Å². The van der Waals surface area contributed by atoms with Crippen molar-refractivity contribution in [3.8, 4) is 5.69 Å². The summed E-state index contributed by atoms with van der Waals surface area (Å²) in [4.78, 5) is 12.0. The minimum absolute atomic E-state index is 0.151. The maximum atomic E-state index is 13.5. The van der Waals surface area contributed by atoms with Crippen LogP contribution in [0.2, 0.25) is 5.02 Å². The van der Waals surface area contributed by atoms with E-state index in [2.05, 4.69) is 20.8 Å². The van der Waals surface area contributed by atoms with Gasteiger partial charge >= 0.3 is 0 Å². The van der Waals surface area contributed by atoms with Gasteiger partial charge in [-0.2, -0.15) is 4.68 Å². The van der Waals surface area contributed by atoms with Crippen LogP contribution in [-0.2, 0) is 11.2 Å². The van der Waals surface area contributed by atoms with Gasteiger partial charge in [-0.05, 0) is 46.7 Å². The van der Waals surface area contributed by atoms with Crippen LogP contribution >= 0.6 is 23.4 Å². The Bertz CT molecular complexity index is 904. The molecule has 6 nitrogen and oxygen atoms in total. The number of carbonyl (C=O) groups excluding carboxylic acids is 1. The van der Waals surface area contributed by atoms with E-state index in [1.165, 1.54) is 22.5 Å². The van der Waals surface area contributed by atoms with Crippen LogP contribution in [0.5, 0.6) is 0 Å². The normalized spacial score (nSPS) is 10.7. The number of aromatic nitrogens is 4. The Labute approximate surface area is 158 Å². The van der Waals surface area contributed by atoms with Crippen molar-refractivity contribution in [3.05, 3.63) is 64.9 Å². The number of benzene rings is 2. The molecule has 1 heterocycles. The van der Waals surface area contributed by atoms with Crippen LogP contribution < -0.4 is 5.32 Å². The van der Waals surface area contributed by atoms with Gasteiger partial charge in [0.05, 0.1) is 11.4 Å². The molecule has 0 aliphatic carbocycles. The van der Waals surface area contributed by atoms with E-state index in [4.69, 9.17) is 11.6 Å². The molecular formula is C17H15ClFN5OS. The molecule has 134 valence electrons. The average Bonchev–Trinajstić information content (AvgIpc) is 3.10. The molecule has 0 bridgehead atoms. The number of halogens is 2. The minimum Gasteiger partial charge on any atom is -0.355 e. The summed E-state index contributed by atoms with van der Waals surface area (Å²) >= 11 is 7.19. The molecule has 1 N–H and O–H groups in total. The van der Waals surface area contributed by atoms with E-state index in [0.717, 1.165) is 0 Å². The Morgan fingerprint density at radius 2 is 2.08 bits per heavy atom. The van der Waals surface area contributed by atoms with Gasteiger partial charge in [0.1, 0.15) is 5.82 Å². The van der Waals surface area contributed by atoms with E-state index in [-0.39, 0.29) is 17.5 Å². The first-order valence-corrected chi connectivity index (χ1v) is 9.17. The zero-order chi connectivity index (χ0) is 18.4. The van der Waals surface area contributed by atoms with Gasteiger partial charge in [0.15, 0.2) is 0 Å². The Kier molecular flexibility index (Phi) is 6.19. The molecule has 3 rings (SSSR count). The largest absolute Gasteiger partial charge is 0.355 e. The lowest BCUT2D eigenvalue weighted by Crippen LogP contribution is -2.27. The predicted molar refractivity (Wildman–Crippen MR) is 98.0 cm³/mol. The molecule has 0 fully saturated rings. The molecule has 2 aromatic carbocycles. The highest BCUT2D eigenvalue weighted by Crippen LogP contribution is 2.20. The SMILES string of the molecule is O=C(CSc1nnnn1-c1cccc(Cl)c1)NCCc1ccccc1F. The zero-order valence-corrected chi connectivity index (χ0v) is 15.2. The lowest BCUT2D eigenvalue weighted by Gasteiger charge is -2.07. The van der Waals surface area contributed by atoms with E-state index in [0.29, 0.717) is 34.4 Å². The number of tetrazole rings is 1. The zero-order valence-electron chi connectivity index (χ0n) is 13.6. The number of thioether (sulfide) groups is 1. The number of carbonyl (C=O) groups is 1. The second-order valence-electron chi connectivity index (χ2n) is 5.33. The van der Waals surface area contributed by atoms with E-state index >= 15 is 0 Å². The van der Waals surface area contributed by atoms with E-state index in [1.54, 1.807) is 36.4 Å². The monoisotopic (exact) mass is 391 g/mol. The van der Waals surface area contributed by atoms with Gasteiger partial charge in [0, 0.05) is 11.6 Å². The summed E-state index contributed by atoms with van der Waals surface area (Å²) in [5.41, 5.74) is 1.29. The average molecular weight is 392 g/mol. The second kappa shape index (κ2) is 8.77. The molecule has 3 aromatic rings. The summed E-state index contributed by atoms with van der Waals surface area (Å²) in [6, 6.07) is 13.6. The molecule has 0 unspecified atom stereocenters. The third kappa shape index (κ3) is 4.80. The van der Waals surface area contributed by atoms with Gasteiger partial charge in [-0.3, -0.25) is 4.79 Å². The Balaban J connectivity index is 1.51. The predicted octanol–water partition coefficient (Wildman–Crippen LogP) is 2.91. The molecule has 0 radical (unpaired) electrons. The molecule has 0 saturated carbocycles. The number of amides is 1. The number of nitrogens with one attached hydrogen (secondary N) is 1. The first-order chi connectivity index (χ1) is 12.6. The molecule has 0 atom stereocenters. The lowest BCUT2D eigenvalue weighted by atomic mass is 10.1. The van der Waals surface area contributed by atoms with Crippen molar-refractivity contribution in [1.29, 1.82) is 0 Å². The first kappa shape index (κ1) is 18.3. The van der Waals surface area contributed by atoms with Crippen LogP contribution in [0.15, 0.2) is 53.7 Å². The van der Waals surface area contributed by atoms with E-state index in [9.17, 15) is 9.18 Å². The van der Waals surface area contributed by atoms with Crippen molar-refractivity contribution in [1.82, 2.24) is 25.5 Å². The molecule has 0 aliphatic rings. The summed E-state index contributed by atoms with van der Waals surface area (Å²) in [6.07, 6.45) is 0.434. The lowest BCUT2D eigenvalue weighted by molar-refractivity contribution is -0.118. The minimum atomic E-state index is -0.267. The highest BCUT2D eigenvalue weighted by Gasteiger charge is 2.12. The fourth-order valence-electron chi connectivity index (χ4n) is 2.26. The van der Waals surface area contributed by atoms with E-state index in [1.807, 2.05) is 6.07 Å². The maximum absolute atomic E-state index is 13.5. The summed E-state index contributed by atoms with van der Waals surface area (Å²) in [7, 11) is 0. The quantitative estimate of drug-likeness (QED) is 0.627. The first-order valence-electron chi connectivity index (χ1n) is 7.81. The van der Waals surface area contributed by atoms with Crippen molar-refractivity contribution in [2.24, 2.45) is 0 Å². The summed E-state index contributed by atoms with van der Waals surface area (Å²) in [5, 5.41) is 15.3. The van der Waals surface area contributed by atoms with Crippen LogP contribution in [0.4, 0.5) is 4.39 Å².